The first-order chi connectivity index (χ1) is 14.0. The summed E-state index contributed by atoms with van der Waals surface area (Å²) in [6, 6.07) is 14.4. The van der Waals surface area contributed by atoms with Crippen LogP contribution in [-0.4, -0.2) is 23.1 Å². The van der Waals surface area contributed by atoms with Gasteiger partial charge < -0.3 is 24.9 Å². The first kappa shape index (κ1) is 19.7. The molecule has 0 aliphatic rings. The van der Waals surface area contributed by atoms with Crippen molar-refractivity contribution in [2.24, 2.45) is 0 Å². The molecule has 0 spiro atoms. The van der Waals surface area contributed by atoms with E-state index in [-0.39, 0.29) is 23.9 Å². The average molecular weight is 392 g/mol. The second kappa shape index (κ2) is 9.23. The number of nitrogens with one attached hydrogen (secondary N) is 3. The molecule has 2 heterocycles. The molecule has 0 aliphatic heterocycles. The van der Waals surface area contributed by atoms with Crippen LogP contribution in [0.25, 0.3) is 0 Å². The third-order valence-electron chi connectivity index (χ3n) is 3.92. The maximum absolute atomic E-state index is 12.4. The Morgan fingerprint density at radius 1 is 1.00 bits per heavy atom. The van der Waals surface area contributed by atoms with Crippen molar-refractivity contribution in [3.8, 4) is 0 Å². The van der Waals surface area contributed by atoms with Crippen molar-refractivity contribution in [2.75, 3.05) is 17.2 Å². The maximum Gasteiger partial charge on any atom is 0.319 e. The molecular formula is C21H20N4O4. The topological polar surface area (TPSA) is 105 Å². The summed E-state index contributed by atoms with van der Waals surface area (Å²) in [6.45, 7) is 4.13. The van der Waals surface area contributed by atoms with Crippen LogP contribution < -0.4 is 21.5 Å². The Labute approximate surface area is 166 Å². The fraction of sp³-hybridized carbons (Fsp3) is 0.0952. The highest BCUT2D eigenvalue weighted by Crippen LogP contribution is 2.16. The molecular weight excluding hydrogens is 372 g/mol. The number of aromatic nitrogens is 1. The van der Waals surface area contributed by atoms with E-state index in [1.54, 1.807) is 60.8 Å². The molecule has 0 radical (unpaired) electrons. The van der Waals surface area contributed by atoms with Gasteiger partial charge in [0.2, 0.25) is 0 Å². The molecule has 3 N–H and O–H groups in total. The Morgan fingerprint density at radius 2 is 1.72 bits per heavy atom. The quantitative estimate of drug-likeness (QED) is 0.538. The van der Waals surface area contributed by atoms with Gasteiger partial charge in [0.15, 0.2) is 5.76 Å². The van der Waals surface area contributed by atoms with Gasteiger partial charge in [0.25, 0.3) is 11.5 Å². The lowest BCUT2D eigenvalue weighted by atomic mass is 10.2. The fourth-order valence-corrected chi connectivity index (χ4v) is 2.51. The number of nitrogens with zero attached hydrogens (tertiary/aromatic N) is 1. The smallest absolute Gasteiger partial charge is 0.319 e. The lowest BCUT2D eigenvalue weighted by molar-refractivity contribution is 0.0994. The van der Waals surface area contributed by atoms with Crippen LogP contribution in [0.1, 0.15) is 16.3 Å². The van der Waals surface area contributed by atoms with Crippen molar-refractivity contribution >= 4 is 23.3 Å². The molecule has 148 valence electrons. The minimum Gasteiger partial charge on any atom is -0.454 e. The van der Waals surface area contributed by atoms with Crippen LogP contribution in [0, 0.1) is 0 Å². The normalized spacial score (nSPS) is 10.2. The van der Waals surface area contributed by atoms with Crippen LogP contribution in [0.2, 0.25) is 0 Å². The first-order valence-electron chi connectivity index (χ1n) is 8.86. The summed E-state index contributed by atoms with van der Waals surface area (Å²) < 4.78 is 7.03. The highest BCUT2D eigenvalue weighted by atomic mass is 16.4. The van der Waals surface area contributed by atoms with E-state index in [1.165, 1.54) is 10.6 Å². The summed E-state index contributed by atoms with van der Waals surface area (Å²) in [5.41, 5.74) is 0.976. The number of rotatable bonds is 7. The standard InChI is InChI=1S/C21H20N4O4/c1-2-12-22-21(28)24-16-8-6-15(7-9-16)23-20(27)18-11-10-17(29-18)14-25-13-4-3-5-19(25)26/h2-11,13H,1,12,14H2,(H,23,27)(H2,22,24,28). The summed E-state index contributed by atoms with van der Waals surface area (Å²) in [5, 5.41) is 7.98. The number of carbonyl (C=O) groups is 2. The number of urea groups is 1. The summed E-state index contributed by atoms with van der Waals surface area (Å²) in [4.78, 5) is 35.7. The molecule has 29 heavy (non-hydrogen) atoms. The van der Waals surface area contributed by atoms with Crippen molar-refractivity contribution in [2.45, 2.75) is 6.54 Å². The van der Waals surface area contributed by atoms with E-state index in [1.807, 2.05) is 0 Å². The highest BCUT2D eigenvalue weighted by molar-refractivity contribution is 6.02. The summed E-state index contributed by atoms with van der Waals surface area (Å²) in [5.74, 6) is 0.213. The van der Waals surface area contributed by atoms with E-state index in [4.69, 9.17) is 4.42 Å². The summed E-state index contributed by atoms with van der Waals surface area (Å²) in [7, 11) is 0. The van der Waals surface area contributed by atoms with Gasteiger partial charge in [-0.3, -0.25) is 9.59 Å². The highest BCUT2D eigenvalue weighted by Gasteiger charge is 2.12. The predicted octanol–water partition coefficient (Wildman–Crippen LogP) is 3.05. The summed E-state index contributed by atoms with van der Waals surface area (Å²) in [6.07, 6.45) is 3.23. The van der Waals surface area contributed by atoms with E-state index < -0.39 is 5.91 Å². The Bertz CT molecular complexity index is 1070. The zero-order chi connectivity index (χ0) is 20.6. The number of hydrogen-bond acceptors (Lipinski definition) is 4. The van der Waals surface area contributed by atoms with Crippen molar-refractivity contribution in [1.29, 1.82) is 0 Å². The SMILES string of the molecule is C=CCNC(=O)Nc1ccc(NC(=O)c2ccc(Cn3ccccc3=O)o2)cc1. The Kier molecular flexibility index (Phi) is 6.26. The van der Waals surface area contributed by atoms with Gasteiger partial charge in [0.05, 0.1) is 6.54 Å². The number of anilines is 2. The van der Waals surface area contributed by atoms with E-state index >= 15 is 0 Å². The van der Waals surface area contributed by atoms with Gasteiger partial charge in [-0.25, -0.2) is 4.79 Å². The number of benzene rings is 1. The number of pyridine rings is 1. The van der Waals surface area contributed by atoms with Crippen molar-refractivity contribution in [1.82, 2.24) is 9.88 Å². The van der Waals surface area contributed by atoms with E-state index in [0.717, 1.165) is 0 Å². The maximum atomic E-state index is 12.4. The molecule has 0 unspecified atom stereocenters. The monoisotopic (exact) mass is 392 g/mol. The van der Waals surface area contributed by atoms with Gasteiger partial charge >= 0.3 is 6.03 Å². The van der Waals surface area contributed by atoms with Crippen molar-refractivity contribution in [3.63, 3.8) is 0 Å². The van der Waals surface area contributed by atoms with Crippen LogP contribution in [0.15, 0.2) is 82.7 Å². The lowest BCUT2D eigenvalue weighted by Gasteiger charge is -2.08. The van der Waals surface area contributed by atoms with Crippen molar-refractivity contribution in [3.05, 3.63) is 95.3 Å². The number of furan rings is 1. The molecule has 0 saturated carbocycles. The predicted molar refractivity (Wildman–Crippen MR) is 110 cm³/mol. The molecule has 3 rings (SSSR count). The van der Waals surface area contributed by atoms with Crippen molar-refractivity contribution < 1.29 is 14.0 Å². The third kappa shape index (κ3) is 5.46. The Hall–Kier alpha value is -4.07. The van der Waals surface area contributed by atoms with Crippen LogP contribution in [0.5, 0.6) is 0 Å². The zero-order valence-electron chi connectivity index (χ0n) is 15.6. The molecule has 0 aliphatic carbocycles. The second-order valence-electron chi connectivity index (χ2n) is 6.09. The molecule has 1 aromatic carbocycles. The number of hydrogen-bond donors (Lipinski definition) is 3. The zero-order valence-corrected chi connectivity index (χ0v) is 15.6. The van der Waals surface area contributed by atoms with Crippen LogP contribution in [-0.2, 0) is 6.54 Å². The Balaban J connectivity index is 1.58. The van der Waals surface area contributed by atoms with Gasteiger partial charge in [-0.1, -0.05) is 12.1 Å². The van der Waals surface area contributed by atoms with Crippen LogP contribution in [0.4, 0.5) is 16.2 Å². The minimum absolute atomic E-state index is 0.134. The molecule has 3 amide bonds. The molecule has 2 aromatic heterocycles. The average Bonchev–Trinajstić information content (AvgIpc) is 3.18. The molecule has 8 heteroatoms. The van der Waals surface area contributed by atoms with Gasteiger partial charge in [0.1, 0.15) is 5.76 Å². The summed E-state index contributed by atoms with van der Waals surface area (Å²) >= 11 is 0. The largest absolute Gasteiger partial charge is 0.454 e. The molecule has 0 saturated heterocycles. The van der Waals surface area contributed by atoms with E-state index in [9.17, 15) is 14.4 Å². The van der Waals surface area contributed by atoms with Crippen LogP contribution in [0.3, 0.4) is 0 Å². The van der Waals surface area contributed by atoms with Gasteiger partial charge in [-0.05, 0) is 42.5 Å². The molecule has 8 nitrogen and oxygen atoms in total. The fourth-order valence-electron chi connectivity index (χ4n) is 2.51. The Morgan fingerprint density at radius 3 is 2.41 bits per heavy atom. The first-order valence-corrected chi connectivity index (χ1v) is 8.86. The van der Waals surface area contributed by atoms with Gasteiger partial charge in [-0.2, -0.15) is 0 Å². The number of amides is 3. The van der Waals surface area contributed by atoms with Crippen LogP contribution >= 0.6 is 0 Å². The number of carbonyl (C=O) groups excluding carboxylic acids is 2. The minimum atomic E-state index is -0.416. The second-order valence-corrected chi connectivity index (χ2v) is 6.09. The van der Waals surface area contributed by atoms with E-state index in [2.05, 4.69) is 22.5 Å². The van der Waals surface area contributed by atoms with Gasteiger partial charge in [0, 0.05) is 30.2 Å². The van der Waals surface area contributed by atoms with E-state index in [0.29, 0.717) is 23.7 Å². The molecule has 0 atom stereocenters. The molecule has 0 bridgehead atoms. The molecule has 3 aromatic rings. The third-order valence-corrected chi connectivity index (χ3v) is 3.92. The van der Waals surface area contributed by atoms with Gasteiger partial charge in [-0.15, -0.1) is 6.58 Å². The molecule has 0 fully saturated rings. The lowest BCUT2D eigenvalue weighted by Crippen LogP contribution is -2.28.